The summed E-state index contributed by atoms with van der Waals surface area (Å²) in [5.74, 6) is -0.700. The zero-order chi connectivity index (χ0) is 15.4. The molecule has 0 radical (unpaired) electrons. The topological polar surface area (TPSA) is 73.2 Å². The average molecular weight is 308 g/mol. The number of nitrogens with zero attached hydrogens (tertiary/aromatic N) is 2. The van der Waals surface area contributed by atoms with Gasteiger partial charge in [-0.05, 0) is 24.6 Å². The summed E-state index contributed by atoms with van der Waals surface area (Å²) in [6.07, 6.45) is 3.01. The number of aromatic nitrogens is 2. The van der Waals surface area contributed by atoms with Gasteiger partial charge in [-0.15, -0.1) is 0 Å². The number of ether oxygens (including phenoxy) is 1. The zero-order valence-corrected chi connectivity index (χ0v) is 12.3. The van der Waals surface area contributed by atoms with Crippen LogP contribution in [0.15, 0.2) is 30.6 Å². The van der Waals surface area contributed by atoms with Crippen LogP contribution in [0.25, 0.3) is 0 Å². The lowest BCUT2D eigenvalue weighted by Gasteiger charge is -2.07. The zero-order valence-electron chi connectivity index (χ0n) is 11.6. The van der Waals surface area contributed by atoms with Gasteiger partial charge in [-0.2, -0.15) is 5.10 Å². The van der Waals surface area contributed by atoms with Gasteiger partial charge in [0.25, 0.3) is 5.91 Å². The summed E-state index contributed by atoms with van der Waals surface area (Å²) >= 11 is 5.99. The molecular formula is C14H14ClN3O3. The second-order valence-electron chi connectivity index (χ2n) is 4.37. The number of methoxy groups -OCH3 is 1. The molecule has 0 saturated carbocycles. The van der Waals surface area contributed by atoms with Crippen molar-refractivity contribution in [3.63, 3.8) is 0 Å². The third-order valence-electron chi connectivity index (χ3n) is 2.92. The van der Waals surface area contributed by atoms with E-state index in [0.29, 0.717) is 21.8 Å². The molecule has 21 heavy (non-hydrogen) atoms. The lowest BCUT2D eigenvalue weighted by atomic mass is 10.1. The number of carbonyl (C=O) groups is 2. The fourth-order valence-corrected chi connectivity index (χ4v) is 1.94. The van der Waals surface area contributed by atoms with E-state index in [1.807, 2.05) is 0 Å². The maximum absolute atomic E-state index is 12.2. The minimum atomic E-state index is -0.415. The van der Waals surface area contributed by atoms with Gasteiger partial charge in [0, 0.05) is 16.8 Å². The predicted octanol–water partition coefficient (Wildman–Crippen LogP) is 2.27. The lowest BCUT2D eigenvalue weighted by molar-refractivity contribution is -0.141. The van der Waals surface area contributed by atoms with Gasteiger partial charge < -0.3 is 10.1 Å². The van der Waals surface area contributed by atoms with E-state index in [2.05, 4.69) is 15.2 Å². The monoisotopic (exact) mass is 307 g/mol. The van der Waals surface area contributed by atoms with Gasteiger partial charge in [0.05, 0.1) is 19.0 Å². The van der Waals surface area contributed by atoms with Gasteiger partial charge in [-0.3, -0.25) is 14.3 Å². The van der Waals surface area contributed by atoms with Crippen LogP contribution in [0.5, 0.6) is 0 Å². The number of esters is 1. The molecule has 1 aromatic heterocycles. The molecule has 1 heterocycles. The van der Waals surface area contributed by atoms with Crippen LogP contribution in [-0.2, 0) is 16.1 Å². The van der Waals surface area contributed by atoms with Crippen LogP contribution in [-0.4, -0.2) is 28.8 Å². The van der Waals surface area contributed by atoms with Crippen molar-refractivity contribution in [2.24, 2.45) is 0 Å². The van der Waals surface area contributed by atoms with Crippen molar-refractivity contribution in [2.45, 2.75) is 13.5 Å². The molecule has 0 aliphatic rings. The van der Waals surface area contributed by atoms with E-state index >= 15 is 0 Å². The van der Waals surface area contributed by atoms with Crippen molar-refractivity contribution in [1.82, 2.24) is 9.78 Å². The lowest BCUT2D eigenvalue weighted by Crippen LogP contribution is -2.13. The number of halogens is 1. The second kappa shape index (κ2) is 6.41. The molecule has 0 aliphatic heterocycles. The molecule has 0 aliphatic carbocycles. The van der Waals surface area contributed by atoms with E-state index < -0.39 is 5.97 Å². The maximum Gasteiger partial charge on any atom is 0.327 e. The first-order chi connectivity index (χ1) is 10.0. The third-order valence-corrected chi connectivity index (χ3v) is 3.33. The minimum Gasteiger partial charge on any atom is -0.468 e. The van der Waals surface area contributed by atoms with Crippen molar-refractivity contribution in [3.8, 4) is 0 Å². The number of nitrogens with one attached hydrogen (secondary N) is 1. The number of anilines is 1. The fourth-order valence-electron chi connectivity index (χ4n) is 1.76. The van der Waals surface area contributed by atoms with Crippen LogP contribution in [0.3, 0.4) is 0 Å². The summed E-state index contributed by atoms with van der Waals surface area (Å²) in [5.41, 5.74) is 1.69. The Kier molecular flexibility index (Phi) is 4.59. The molecule has 0 spiro atoms. The molecule has 0 atom stereocenters. The van der Waals surface area contributed by atoms with Crippen molar-refractivity contribution in [2.75, 3.05) is 12.4 Å². The number of hydrogen-bond acceptors (Lipinski definition) is 4. The fraction of sp³-hybridized carbons (Fsp3) is 0.214. The highest BCUT2D eigenvalue weighted by Crippen LogP contribution is 2.19. The van der Waals surface area contributed by atoms with Crippen LogP contribution >= 0.6 is 11.6 Å². The highest BCUT2D eigenvalue weighted by Gasteiger charge is 2.12. The Balaban J connectivity index is 2.09. The highest BCUT2D eigenvalue weighted by molar-refractivity contribution is 6.32. The Bertz CT molecular complexity index is 682. The number of carbonyl (C=O) groups excluding carboxylic acids is 2. The Morgan fingerprint density at radius 1 is 1.43 bits per heavy atom. The molecule has 0 bridgehead atoms. The smallest absolute Gasteiger partial charge is 0.327 e. The summed E-state index contributed by atoms with van der Waals surface area (Å²) in [5, 5.41) is 7.20. The third kappa shape index (κ3) is 3.61. The molecule has 0 saturated heterocycles. The maximum atomic E-state index is 12.2. The van der Waals surface area contributed by atoms with Crippen molar-refractivity contribution >= 4 is 29.2 Å². The standard InChI is InChI=1S/C14H14ClN3O3/c1-9-11(4-3-5-12(9)15)14(20)17-10-6-16-18(7-10)8-13(19)21-2/h3-7H,8H2,1-2H3,(H,17,20). The number of rotatable bonds is 4. The number of benzene rings is 1. The second-order valence-corrected chi connectivity index (χ2v) is 4.78. The molecule has 6 nitrogen and oxygen atoms in total. The highest BCUT2D eigenvalue weighted by atomic mass is 35.5. The van der Waals surface area contributed by atoms with Crippen molar-refractivity contribution in [3.05, 3.63) is 46.7 Å². The van der Waals surface area contributed by atoms with Crippen LogP contribution in [0.4, 0.5) is 5.69 Å². The van der Waals surface area contributed by atoms with Gasteiger partial charge in [0.2, 0.25) is 0 Å². The Morgan fingerprint density at radius 3 is 2.90 bits per heavy atom. The molecule has 1 N–H and O–H groups in total. The summed E-state index contributed by atoms with van der Waals surface area (Å²) in [6, 6.07) is 5.13. The van der Waals surface area contributed by atoms with Crippen LogP contribution in [0, 0.1) is 6.92 Å². The Hall–Kier alpha value is -2.34. The summed E-state index contributed by atoms with van der Waals surface area (Å²) < 4.78 is 5.92. The van der Waals surface area contributed by atoms with Gasteiger partial charge >= 0.3 is 5.97 Å². The normalized spacial score (nSPS) is 10.2. The first-order valence-electron chi connectivity index (χ1n) is 6.17. The van der Waals surface area contributed by atoms with E-state index in [-0.39, 0.29) is 12.5 Å². The molecule has 110 valence electrons. The first-order valence-corrected chi connectivity index (χ1v) is 6.55. The molecule has 2 rings (SSSR count). The van der Waals surface area contributed by atoms with Gasteiger partial charge in [-0.25, -0.2) is 0 Å². The largest absolute Gasteiger partial charge is 0.468 e. The molecule has 0 unspecified atom stereocenters. The van der Waals surface area contributed by atoms with Gasteiger partial charge in [-0.1, -0.05) is 17.7 Å². The summed E-state index contributed by atoms with van der Waals surface area (Å²) in [4.78, 5) is 23.3. The number of amides is 1. The van der Waals surface area contributed by atoms with Gasteiger partial charge in [0.1, 0.15) is 6.54 Å². The van der Waals surface area contributed by atoms with E-state index in [4.69, 9.17) is 11.6 Å². The van der Waals surface area contributed by atoms with E-state index in [9.17, 15) is 9.59 Å². The van der Waals surface area contributed by atoms with Crippen LogP contribution in [0.1, 0.15) is 15.9 Å². The first kappa shape index (κ1) is 15.1. The van der Waals surface area contributed by atoms with Crippen LogP contribution in [0.2, 0.25) is 5.02 Å². The SMILES string of the molecule is COC(=O)Cn1cc(NC(=O)c2cccc(Cl)c2C)cn1. The average Bonchev–Trinajstić information content (AvgIpc) is 2.88. The predicted molar refractivity (Wildman–Crippen MR) is 78.4 cm³/mol. The molecular weight excluding hydrogens is 294 g/mol. The van der Waals surface area contributed by atoms with Crippen molar-refractivity contribution < 1.29 is 14.3 Å². The molecule has 1 amide bonds. The Labute approximate surface area is 126 Å². The van der Waals surface area contributed by atoms with E-state index in [0.717, 1.165) is 0 Å². The molecule has 1 aromatic carbocycles. The molecule has 7 heteroatoms. The molecule has 0 fully saturated rings. The van der Waals surface area contributed by atoms with Crippen molar-refractivity contribution in [1.29, 1.82) is 0 Å². The quantitative estimate of drug-likeness (QED) is 0.879. The molecule has 2 aromatic rings. The van der Waals surface area contributed by atoms with E-state index in [1.165, 1.54) is 18.0 Å². The van der Waals surface area contributed by atoms with Crippen LogP contribution < -0.4 is 5.32 Å². The van der Waals surface area contributed by atoms with Gasteiger partial charge in [0.15, 0.2) is 0 Å². The minimum absolute atomic E-state index is 0.0113. The Morgan fingerprint density at radius 2 is 2.19 bits per heavy atom. The number of hydrogen-bond donors (Lipinski definition) is 1. The summed E-state index contributed by atoms with van der Waals surface area (Å²) in [7, 11) is 1.30. The summed E-state index contributed by atoms with van der Waals surface area (Å²) in [6.45, 7) is 1.76. The van der Waals surface area contributed by atoms with E-state index in [1.54, 1.807) is 31.3 Å².